The zero-order chi connectivity index (χ0) is 19.0. The number of ether oxygens (including phenoxy) is 2. The molecule has 2 aliphatic heterocycles. The standard InChI is InChI=1S/C19H20N2O5S/c1-13-9-15(5-6-16(13)21-8-2-3-19(21)22)27(23,24)20-11-14-4-7-17-18(10-14)26-12-25-17/h4-7,9-10,20H,2-3,8,11-12H2,1H3. The highest BCUT2D eigenvalue weighted by atomic mass is 32.2. The maximum Gasteiger partial charge on any atom is 0.240 e. The lowest BCUT2D eigenvalue weighted by Gasteiger charge is -2.19. The summed E-state index contributed by atoms with van der Waals surface area (Å²) >= 11 is 0. The molecule has 1 saturated heterocycles. The number of rotatable bonds is 5. The van der Waals surface area contributed by atoms with Gasteiger partial charge >= 0.3 is 0 Å². The molecule has 1 fully saturated rings. The lowest BCUT2D eigenvalue weighted by atomic mass is 10.2. The predicted octanol–water partition coefficient (Wildman–Crippen LogP) is 2.33. The molecule has 4 rings (SSSR count). The van der Waals surface area contributed by atoms with E-state index in [0.29, 0.717) is 24.5 Å². The van der Waals surface area contributed by atoms with Gasteiger partial charge in [0, 0.05) is 25.2 Å². The fraction of sp³-hybridized carbons (Fsp3) is 0.316. The van der Waals surface area contributed by atoms with Crippen LogP contribution in [0.5, 0.6) is 11.5 Å². The zero-order valence-electron chi connectivity index (χ0n) is 14.9. The third-order valence-electron chi connectivity index (χ3n) is 4.75. The van der Waals surface area contributed by atoms with E-state index in [9.17, 15) is 13.2 Å². The number of sulfonamides is 1. The van der Waals surface area contributed by atoms with E-state index in [-0.39, 0.29) is 24.1 Å². The number of nitrogens with zero attached hydrogens (tertiary/aromatic N) is 1. The van der Waals surface area contributed by atoms with Crippen LogP contribution >= 0.6 is 0 Å². The molecule has 1 amide bonds. The van der Waals surface area contributed by atoms with Gasteiger partial charge < -0.3 is 14.4 Å². The second-order valence-electron chi connectivity index (χ2n) is 6.61. The zero-order valence-corrected chi connectivity index (χ0v) is 15.7. The number of aryl methyl sites for hydroxylation is 1. The predicted molar refractivity (Wildman–Crippen MR) is 99.4 cm³/mol. The van der Waals surface area contributed by atoms with Crippen molar-refractivity contribution in [1.29, 1.82) is 0 Å². The van der Waals surface area contributed by atoms with E-state index in [1.54, 1.807) is 35.2 Å². The van der Waals surface area contributed by atoms with Crippen molar-refractivity contribution in [2.45, 2.75) is 31.2 Å². The lowest BCUT2D eigenvalue weighted by Crippen LogP contribution is -2.26. The molecule has 8 heteroatoms. The van der Waals surface area contributed by atoms with Crippen molar-refractivity contribution in [2.75, 3.05) is 18.2 Å². The van der Waals surface area contributed by atoms with Crippen LogP contribution in [-0.2, 0) is 21.4 Å². The lowest BCUT2D eigenvalue weighted by molar-refractivity contribution is -0.117. The molecular weight excluding hydrogens is 368 g/mol. The van der Waals surface area contributed by atoms with Crippen molar-refractivity contribution >= 4 is 21.6 Å². The van der Waals surface area contributed by atoms with E-state index in [2.05, 4.69) is 4.72 Å². The third kappa shape index (κ3) is 3.50. The number of nitrogens with one attached hydrogen (secondary N) is 1. The third-order valence-corrected chi connectivity index (χ3v) is 6.14. The number of hydrogen-bond acceptors (Lipinski definition) is 5. The average Bonchev–Trinajstić information content (AvgIpc) is 3.28. The summed E-state index contributed by atoms with van der Waals surface area (Å²) < 4.78 is 38.4. The summed E-state index contributed by atoms with van der Waals surface area (Å²) in [5.41, 5.74) is 2.31. The first-order valence-electron chi connectivity index (χ1n) is 8.73. The Balaban J connectivity index is 1.50. The number of carbonyl (C=O) groups excluding carboxylic acids is 1. The average molecular weight is 388 g/mol. The minimum Gasteiger partial charge on any atom is -0.454 e. The van der Waals surface area contributed by atoms with Gasteiger partial charge in [-0.05, 0) is 54.8 Å². The van der Waals surface area contributed by atoms with Gasteiger partial charge in [0.2, 0.25) is 22.7 Å². The summed E-state index contributed by atoms with van der Waals surface area (Å²) in [4.78, 5) is 13.8. The number of fused-ring (bicyclic) bond motifs is 1. The molecule has 7 nitrogen and oxygen atoms in total. The maximum absolute atomic E-state index is 12.6. The van der Waals surface area contributed by atoms with E-state index >= 15 is 0 Å². The van der Waals surface area contributed by atoms with Crippen LogP contribution in [0.25, 0.3) is 0 Å². The summed E-state index contributed by atoms with van der Waals surface area (Å²) in [6, 6.07) is 10.2. The number of carbonyl (C=O) groups is 1. The quantitative estimate of drug-likeness (QED) is 0.850. The largest absolute Gasteiger partial charge is 0.454 e. The Morgan fingerprint density at radius 3 is 2.67 bits per heavy atom. The van der Waals surface area contributed by atoms with Gasteiger partial charge in [0.1, 0.15) is 0 Å². The molecule has 0 aliphatic carbocycles. The minimum absolute atomic E-state index is 0.0784. The molecule has 0 spiro atoms. The SMILES string of the molecule is Cc1cc(S(=O)(=O)NCc2ccc3c(c2)OCO3)ccc1N1CCCC1=O. The van der Waals surface area contributed by atoms with Gasteiger partial charge in [-0.3, -0.25) is 4.79 Å². The van der Waals surface area contributed by atoms with Gasteiger partial charge in [0.15, 0.2) is 11.5 Å². The van der Waals surface area contributed by atoms with Crippen molar-refractivity contribution in [3.05, 3.63) is 47.5 Å². The van der Waals surface area contributed by atoms with Crippen molar-refractivity contribution in [3.8, 4) is 11.5 Å². The van der Waals surface area contributed by atoms with Crippen molar-refractivity contribution in [3.63, 3.8) is 0 Å². The van der Waals surface area contributed by atoms with E-state index in [1.807, 2.05) is 6.92 Å². The summed E-state index contributed by atoms with van der Waals surface area (Å²) in [5.74, 6) is 1.35. The summed E-state index contributed by atoms with van der Waals surface area (Å²) in [5, 5.41) is 0. The first-order chi connectivity index (χ1) is 12.9. The van der Waals surface area contributed by atoms with Crippen LogP contribution in [0.4, 0.5) is 5.69 Å². The molecule has 0 unspecified atom stereocenters. The summed E-state index contributed by atoms with van der Waals surface area (Å²) in [6.07, 6.45) is 1.37. The molecule has 142 valence electrons. The highest BCUT2D eigenvalue weighted by Gasteiger charge is 2.24. The number of benzene rings is 2. The number of hydrogen-bond donors (Lipinski definition) is 1. The monoisotopic (exact) mass is 388 g/mol. The fourth-order valence-electron chi connectivity index (χ4n) is 3.31. The van der Waals surface area contributed by atoms with Crippen molar-refractivity contribution in [1.82, 2.24) is 4.72 Å². The molecule has 27 heavy (non-hydrogen) atoms. The van der Waals surface area contributed by atoms with Crippen LogP contribution in [-0.4, -0.2) is 27.7 Å². The van der Waals surface area contributed by atoms with E-state index < -0.39 is 10.0 Å². The smallest absolute Gasteiger partial charge is 0.240 e. The molecule has 2 heterocycles. The Hall–Kier alpha value is -2.58. The minimum atomic E-state index is -3.67. The Morgan fingerprint density at radius 2 is 1.93 bits per heavy atom. The van der Waals surface area contributed by atoms with Gasteiger partial charge in [0.25, 0.3) is 0 Å². The first kappa shape index (κ1) is 17.8. The van der Waals surface area contributed by atoms with Crippen LogP contribution in [0.3, 0.4) is 0 Å². The Bertz CT molecular complexity index is 1000. The summed E-state index contributed by atoms with van der Waals surface area (Å²) in [6.45, 7) is 2.81. The van der Waals surface area contributed by atoms with Gasteiger partial charge in [0.05, 0.1) is 4.90 Å². The van der Waals surface area contributed by atoms with Crippen molar-refractivity contribution in [2.24, 2.45) is 0 Å². The molecule has 0 bridgehead atoms. The van der Waals surface area contributed by atoms with Gasteiger partial charge in [-0.1, -0.05) is 6.07 Å². The van der Waals surface area contributed by atoms with E-state index in [1.165, 1.54) is 6.07 Å². The van der Waals surface area contributed by atoms with Crippen LogP contribution in [0.1, 0.15) is 24.0 Å². The molecule has 0 radical (unpaired) electrons. The normalized spacial score (nSPS) is 16.2. The highest BCUT2D eigenvalue weighted by Crippen LogP contribution is 2.32. The second-order valence-corrected chi connectivity index (χ2v) is 8.38. The molecular formula is C19H20N2O5S. The second kappa shape index (κ2) is 6.86. The molecule has 0 aromatic heterocycles. The first-order valence-corrected chi connectivity index (χ1v) is 10.2. The maximum atomic E-state index is 12.6. The van der Waals surface area contributed by atoms with Crippen LogP contribution in [0.15, 0.2) is 41.3 Å². The Morgan fingerprint density at radius 1 is 1.11 bits per heavy atom. The number of amides is 1. The van der Waals surface area contributed by atoms with Crippen LogP contribution in [0, 0.1) is 6.92 Å². The molecule has 0 saturated carbocycles. The summed E-state index contributed by atoms with van der Waals surface area (Å²) in [7, 11) is -3.67. The Labute approximate surface area is 157 Å². The molecule has 2 aliphatic rings. The molecule has 1 N–H and O–H groups in total. The van der Waals surface area contributed by atoms with Crippen LogP contribution < -0.4 is 19.1 Å². The van der Waals surface area contributed by atoms with Crippen LogP contribution in [0.2, 0.25) is 0 Å². The van der Waals surface area contributed by atoms with Crippen molar-refractivity contribution < 1.29 is 22.7 Å². The highest BCUT2D eigenvalue weighted by molar-refractivity contribution is 7.89. The van der Waals surface area contributed by atoms with Gasteiger partial charge in [-0.15, -0.1) is 0 Å². The van der Waals surface area contributed by atoms with Gasteiger partial charge in [-0.2, -0.15) is 0 Å². The van der Waals surface area contributed by atoms with Gasteiger partial charge in [-0.25, -0.2) is 13.1 Å². The van der Waals surface area contributed by atoms with E-state index in [0.717, 1.165) is 23.2 Å². The molecule has 0 atom stereocenters. The Kier molecular flexibility index (Phi) is 4.53. The molecule has 2 aromatic rings. The number of anilines is 1. The molecule has 2 aromatic carbocycles. The fourth-order valence-corrected chi connectivity index (χ4v) is 4.42. The van der Waals surface area contributed by atoms with E-state index in [4.69, 9.17) is 9.47 Å². The topological polar surface area (TPSA) is 84.9 Å².